The van der Waals surface area contributed by atoms with Crippen LogP contribution in [0.25, 0.3) is 0 Å². The van der Waals surface area contributed by atoms with Crippen LogP contribution in [0.1, 0.15) is 60.3 Å². The van der Waals surface area contributed by atoms with Crippen LogP contribution in [0, 0.1) is 0 Å². The van der Waals surface area contributed by atoms with Gasteiger partial charge in [0.05, 0.1) is 0 Å². The Bertz CT molecular complexity index is 738. The Balaban J connectivity index is 1.67. The quantitative estimate of drug-likeness (QED) is 0.796. The first-order chi connectivity index (χ1) is 11.3. The fraction of sp³-hybridized carbons (Fsp3) is 0.455. The first-order valence-corrected chi connectivity index (χ1v) is 9.24. The molecule has 3 unspecified atom stereocenters. The first-order valence-electron chi connectivity index (χ1n) is 9.24. The van der Waals surface area contributed by atoms with Crippen molar-refractivity contribution >= 4 is 0 Å². The monoisotopic (exact) mass is 303 g/mol. The van der Waals surface area contributed by atoms with Crippen LogP contribution in [0.2, 0.25) is 0 Å². The minimum absolute atomic E-state index is 0.378. The molecule has 3 aliphatic rings. The molecule has 5 rings (SSSR count). The average Bonchev–Trinajstić information content (AvgIpc) is 3.12. The summed E-state index contributed by atoms with van der Waals surface area (Å²) in [4.78, 5) is 2.75. The van der Waals surface area contributed by atoms with Crippen LogP contribution in [-0.4, -0.2) is 24.5 Å². The van der Waals surface area contributed by atoms with Gasteiger partial charge in [0.15, 0.2) is 0 Å². The summed E-state index contributed by atoms with van der Waals surface area (Å²) in [5, 5.41) is 0. The van der Waals surface area contributed by atoms with E-state index in [1.807, 2.05) is 0 Å². The minimum Gasteiger partial charge on any atom is -0.302 e. The van der Waals surface area contributed by atoms with Gasteiger partial charge in [0.25, 0.3) is 0 Å². The molecule has 2 aromatic rings. The van der Waals surface area contributed by atoms with Crippen molar-refractivity contribution in [1.29, 1.82) is 0 Å². The second kappa shape index (κ2) is 4.95. The van der Waals surface area contributed by atoms with E-state index in [1.54, 1.807) is 22.3 Å². The van der Waals surface area contributed by atoms with Crippen molar-refractivity contribution in [2.75, 3.05) is 19.6 Å². The molecule has 2 aromatic carbocycles. The maximum absolute atomic E-state index is 2.75. The standard InChI is InChI=1S/C22H25N/c1-2-3-12-23-14-21-17-9-5-4-8-16(17)19-13-22(21,15-23)20-11-7-6-10-18(19)20/h4-11,19,21H,2-3,12-15H2,1H3. The van der Waals surface area contributed by atoms with E-state index in [2.05, 4.69) is 60.4 Å². The molecule has 1 heteroatoms. The van der Waals surface area contributed by atoms with E-state index in [9.17, 15) is 0 Å². The van der Waals surface area contributed by atoms with Crippen molar-refractivity contribution in [3.8, 4) is 0 Å². The molecular formula is C22H25N. The second-order valence-corrected chi connectivity index (χ2v) is 7.77. The summed E-state index contributed by atoms with van der Waals surface area (Å²) in [5.74, 6) is 1.32. The smallest absolute Gasteiger partial charge is 0.0173 e. The highest BCUT2D eigenvalue weighted by atomic mass is 15.2. The summed E-state index contributed by atoms with van der Waals surface area (Å²) >= 11 is 0. The SMILES string of the molecule is CCCCN1CC2c3ccccc3C3CC2(C1)c1ccccc13. The zero-order valence-corrected chi connectivity index (χ0v) is 14.0. The number of benzene rings is 2. The highest BCUT2D eigenvalue weighted by Gasteiger charge is 2.57. The third-order valence-electron chi connectivity index (χ3n) is 6.63. The van der Waals surface area contributed by atoms with E-state index in [0.29, 0.717) is 17.3 Å². The Morgan fingerprint density at radius 2 is 1.74 bits per heavy atom. The molecule has 1 heterocycles. The topological polar surface area (TPSA) is 3.24 Å². The van der Waals surface area contributed by atoms with Gasteiger partial charge in [-0.3, -0.25) is 0 Å². The summed E-state index contributed by atoms with van der Waals surface area (Å²) < 4.78 is 0. The van der Waals surface area contributed by atoms with Gasteiger partial charge in [-0.15, -0.1) is 0 Å². The number of likely N-dealkylation sites (tertiary alicyclic amines) is 1. The molecule has 0 N–H and O–H groups in total. The maximum Gasteiger partial charge on any atom is 0.0173 e. The van der Waals surface area contributed by atoms with Crippen LogP contribution < -0.4 is 0 Å². The molecule has 0 radical (unpaired) electrons. The molecule has 1 aliphatic heterocycles. The van der Waals surface area contributed by atoms with Crippen molar-refractivity contribution in [2.24, 2.45) is 0 Å². The van der Waals surface area contributed by atoms with Crippen molar-refractivity contribution in [2.45, 2.75) is 43.4 Å². The van der Waals surface area contributed by atoms with Gasteiger partial charge in [-0.2, -0.15) is 0 Å². The Labute approximate surface area is 139 Å². The van der Waals surface area contributed by atoms with Gasteiger partial charge in [0.2, 0.25) is 0 Å². The van der Waals surface area contributed by atoms with Gasteiger partial charge in [0, 0.05) is 30.3 Å². The van der Waals surface area contributed by atoms with Crippen LogP contribution in [0.15, 0.2) is 48.5 Å². The zero-order chi connectivity index (χ0) is 15.4. The maximum atomic E-state index is 2.75. The first kappa shape index (κ1) is 13.8. The predicted molar refractivity (Wildman–Crippen MR) is 95.1 cm³/mol. The Morgan fingerprint density at radius 3 is 2.57 bits per heavy atom. The van der Waals surface area contributed by atoms with E-state index in [0.717, 1.165) is 0 Å². The third kappa shape index (κ3) is 1.77. The molecule has 0 amide bonds. The van der Waals surface area contributed by atoms with Crippen LogP contribution in [-0.2, 0) is 5.41 Å². The molecule has 0 saturated carbocycles. The average molecular weight is 303 g/mol. The number of hydrogen-bond donors (Lipinski definition) is 0. The van der Waals surface area contributed by atoms with Crippen molar-refractivity contribution < 1.29 is 0 Å². The van der Waals surface area contributed by atoms with Crippen LogP contribution >= 0.6 is 0 Å². The summed E-state index contributed by atoms with van der Waals surface area (Å²) in [7, 11) is 0. The number of unbranched alkanes of at least 4 members (excludes halogenated alkanes) is 1. The number of fused-ring (bicyclic) bond motifs is 3. The molecular weight excluding hydrogens is 278 g/mol. The zero-order valence-electron chi connectivity index (χ0n) is 14.0. The van der Waals surface area contributed by atoms with Gasteiger partial charge in [-0.05, 0) is 41.6 Å². The molecule has 2 aliphatic carbocycles. The molecule has 1 nitrogen and oxygen atoms in total. The Kier molecular flexibility index (Phi) is 2.97. The number of rotatable bonds is 3. The highest BCUT2D eigenvalue weighted by Crippen LogP contribution is 2.62. The summed E-state index contributed by atoms with van der Waals surface area (Å²) in [6, 6.07) is 18.6. The molecule has 0 aromatic heterocycles. The molecule has 23 heavy (non-hydrogen) atoms. The van der Waals surface area contributed by atoms with E-state index < -0.39 is 0 Å². The fourth-order valence-corrected chi connectivity index (χ4v) is 5.70. The van der Waals surface area contributed by atoms with E-state index in [4.69, 9.17) is 0 Å². The molecule has 2 bridgehead atoms. The number of hydrogen-bond acceptors (Lipinski definition) is 1. The molecule has 1 saturated heterocycles. The third-order valence-corrected chi connectivity index (χ3v) is 6.63. The van der Waals surface area contributed by atoms with Crippen LogP contribution in [0.5, 0.6) is 0 Å². The molecule has 118 valence electrons. The summed E-state index contributed by atoms with van der Waals surface area (Å²) in [6.45, 7) is 6.08. The van der Waals surface area contributed by atoms with Gasteiger partial charge in [-0.1, -0.05) is 61.9 Å². The molecule has 1 spiro atoms. The second-order valence-electron chi connectivity index (χ2n) is 7.77. The van der Waals surface area contributed by atoms with E-state index >= 15 is 0 Å². The summed E-state index contributed by atoms with van der Waals surface area (Å²) in [6.07, 6.45) is 3.95. The van der Waals surface area contributed by atoms with E-state index in [-0.39, 0.29) is 0 Å². The van der Waals surface area contributed by atoms with Gasteiger partial charge >= 0.3 is 0 Å². The lowest BCUT2D eigenvalue weighted by molar-refractivity contribution is 0.300. The van der Waals surface area contributed by atoms with E-state index in [1.165, 1.54) is 38.9 Å². The highest BCUT2D eigenvalue weighted by molar-refractivity contribution is 5.58. The van der Waals surface area contributed by atoms with Crippen LogP contribution in [0.3, 0.4) is 0 Å². The van der Waals surface area contributed by atoms with Gasteiger partial charge in [0.1, 0.15) is 0 Å². The van der Waals surface area contributed by atoms with Crippen LogP contribution in [0.4, 0.5) is 0 Å². The summed E-state index contributed by atoms with van der Waals surface area (Å²) in [5.41, 5.74) is 6.89. The largest absolute Gasteiger partial charge is 0.302 e. The molecule has 3 atom stereocenters. The Hall–Kier alpha value is -1.60. The van der Waals surface area contributed by atoms with Gasteiger partial charge < -0.3 is 4.90 Å². The number of nitrogens with zero attached hydrogens (tertiary/aromatic N) is 1. The van der Waals surface area contributed by atoms with Crippen molar-refractivity contribution in [3.63, 3.8) is 0 Å². The lowest BCUT2D eigenvalue weighted by Crippen LogP contribution is -2.35. The minimum atomic E-state index is 0.378. The predicted octanol–water partition coefficient (Wildman–Crippen LogP) is 4.67. The fourth-order valence-electron chi connectivity index (χ4n) is 5.70. The lowest BCUT2D eigenvalue weighted by Gasteiger charge is -2.37. The Morgan fingerprint density at radius 1 is 1.00 bits per heavy atom. The normalized spacial score (nSPS) is 30.8. The lowest BCUT2D eigenvalue weighted by atomic mass is 9.65. The van der Waals surface area contributed by atoms with Crippen molar-refractivity contribution in [3.05, 3.63) is 70.8 Å². The molecule has 1 fully saturated rings. The van der Waals surface area contributed by atoms with Crippen molar-refractivity contribution in [1.82, 2.24) is 4.90 Å². The van der Waals surface area contributed by atoms with Gasteiger partial charge in [-0.25, -0.2) is 0 Å².